The lowest BCUT2D eigenvalue weighted by molar-refractivity contribution is -0.143. The van der Waals surface area contributed by atoms with Crippen molar-refractivity contribution in [1.29, 1.82) is 0 Å². The van der Waals surface area contributed by atoms with E-state index in [0.717, 1.165) is 0 Å². The van der Waals surface area contributed by atoms with Crippen LogP contribution in [-0.2, 0) is 18.9 Å². The Kier molecular flexibility index (Phi) is 6.61. The zero-order chi connectivity index (χ0) is 26.1. The van der Waals surface area contributed by atoms with Gasteiger partial charge in [-0.25, -0.2) is 4.98 Å². The molecule has 0 fully saturated rings. The normalized spacial score (nSPS) is 13.8. The van der Waals surface area contributed by atoms with Crippen molar-refractivity contribution in [2.45, 2.75) is 18.9 Å². The molecule has 4 rings (SSSR count). The molecular weight excluding hydrogens is 492 g/mol. The molecule has 3 aromatic rings. The molecule has 188 valence electrons. The molecule has 1 aliphatic rings. The zero-order valence-electron chi connectivity index (χ0n) is 18.3. The van der Waals surface area contributed by atoms with Gasteiger partial charge in [-0.05, 0) is 35.4 Å². The van der Waals surface area contributed by atoms with Crippen LogP contribution in [0.4, 0.5) is 26.3 Å². The average Bonchev–Trinajstić information content (AvgIpc) is 3.02. The number of nitrogens with zero attached hydrogens (tertiary/aromatic N) is 1. The predicted octanol–water partition coefficient (Wildman–Crippen LogP) is 4.84. The summed E-state index contributed by atoms with van der Waals surface area (Å²) in [6.07, 6.45) is -10.0. The van der Waals surface area contributed by atoms with Gasteiger partial charge in [0, 0.05) is 12.1 Å². The lowest BCUT2D eigenvalue weighted by Gasteiger charge is -2.15. The van der Waals surface area contributed by atoms with Gasteiger partial charge in [0.05, 0.1) is 17.7 Å². The summed E-state index contributed by atoms with van der Waals surface area (Å²) in [5.41, 5.74) is -2.62. The van der Waals surface area contributed by atoms with Crippen LogP contribution in [-0.4, -0.2) is 29.9 Å². The first-order chi connectivity index (χ1) is 16.9. The highest BCUT2D eigenvalue weighted by molar-refractivity contribution is 6.05. The average molecular weight is 509 g/mol. The van der Waals surface area contributed by atoms with Crippen LogP contribution >= 0.6 is 0 Å². The van der Waals surface area contributed by atoms with E-state index in [1.165, 1.54) is 6.07 Å². The molecule has 0 atom stereocenters. The van der Waals surface area contributed by atoms with Crippen LogP contribution in [0.5, 0.6) is 5.88 Å². The Morgan fingerprint density at radius 2 is 1.61 bits per heavy atom. The monoisotopic (exact) mass is 509 g/mol. The number of hydrogen-bond donors (Lipinski definition) is 2. The van der Waals surface area contributed by atoms with Gasteiger partial charge >= 0.3 is 12.4 Å². The fourth-order valence-corrected chi connectivity index (χ4v) is 3.60. The van der Waals surface area contributed by atoms with Gasteiger partial charge in [0.25, 0.3) is 11.8 Å². The number of halogens is 6. The maximum Gasteiger partial charge on any atom is 0.416 e. The highest BCUT2D eigenvalue weighted by Crippen LogP contribution is 2.36. The quantitative estimate of drug-likeness (QED) is 0.494. The molecule has 0 saturated carbocycles. The van der Waals surface area contributed by atoms with E-state index in [1.54, 1.807) is 30.3 Å². The van der Waals surface area contributed by atoms with Crippen LogP contribution in [0.25, 0.3) is 11.1 Å². The zero-order valence-corrected chi connectivity index (χ0v) is 18.3. The van der Waals surface area contributed by atoms with Gasteiger partial charge in [0.2, 0.25) is 5.88 Å². The number of aromatic nitrogens is 1. The smallest absolute Gasteiger partial charge is 0.416 e. The third kappa shape index (κ3) is 5.42. The van der Waals surface area contributed by atoms with Gasteiger partial charge < -0.3 is 15.4 Å². The van der Waals surface area contributed by atoms with E-state index in [9.17, 15) is 35.9 Å². The number of ether oxygens (including phenoxy) is 1. The Morgan fingerprint density at radius 3 is 2.22 bits per heavy atom. The molecule has 0 spiro atoms. The summed E-state index contributed by atoms with van der Waals surface area (Å²) in [6, 6.07) is 10.9. The van der Waals surface area contributed by atoms with E-state index < -0.39 is 47.4 Å². The molecule has 2 amide bonds. The third-order valence-corrected chi connectivity index (χ3v) is 5.26. The molecule has 0 unspecified atom stereocenters. The largest absolute Gasteiger partial charge is 0.475 e. The molecule has 0 saturated heterocycles. The van der Waals surface area contributed by atoms with Crippen molar-refractivity contribution in [3.8, 4) is 17.0 Å². The van der Waals surface area contributed by atoms with Crippen LogP contribution in [0.3, 0.4) is 0 Å². The standard InChI is InChI=1S/C24H17F6N3O3/c25-23(26,27)15-8-13(9-16(10-15)24(28,29)30)12-32-20(34)18-11-17(14-4-2-1-3-5-14)19-21(35)31-6-7-36-22(19)33-18/h1-5,8-11H,6-7,12H2,(H,31,35)(H,32,34). The first-order valence-electron chi connectivity index (χ1n) is 10.5. The second-order valence-corrected chi connectivity index (χ2v) is 7.80. The molecule has 2 N–H and O–H groups in total. The van der Waals surface area contributed by atoms with Crippen LogP contribution in [0.15, 0.2) is 54.6 Å². The van der Waals surface area contributed by atoms with Crippen molar-refractivity contribution in [3.63, 3.8) is 0 Å². The molecular formula is C24H17F6N3O3. The van der Waals surface area contributed by atoms with Crippen molar-refractivity contribution >= 4 is 11.8 Å². The summed E-state index contributed by atoms with van der Waals surface area (Å²) < 4.78 is 84.2. The summed E-state index contributed by atoms with van der Waals surface area (Å²) in [5, 5.41) is 4.95. The van der Waals surface area contributed by atoms with E-state index in [2.05, 4.69) is 15.6 Å². The number of carbonyl (C=O) groups is 2. The third-order valence-electron chi connectivity index (χ3n) is 5.26. The lowest BCUT2D eigenvalue weighted by atomic mass is 9.99. The predicted molar refractivity (Wildman–Crippen MR) is 115 cm³/mol. The van der Waals surface area contributed by atoms with Crippen molar-refractivity contribution in [1.82, 2.24) is 15.6 Å². The van der Waals surface area contributed by atoms with E-state index in [-0.39, 0.29) is 36.4 Å². The number of hydrogen-bond acceptors (Lipinski definition) is 4. The Morgan fingerprint density at radius 1 is 0.972 bits per heavy atom. The summed E-state index contributed by atoms with van der Waals surface area (Å²) in [7, 11) is 0. The fraction of sp³-hybridized carbons (Fsp3) is 0.208. The molecule has 2 heterocycles. The molecule has 0 bridgehead atoms. The van der Waals surface area contributed by atoms with Crippen LogP contribution in [0, 0.1) is 0 Å². The molecule has 12 heteroatoms. The van der Waals surface area contributed by atoms with Gasteiger partial charge in [-0.1, -0.05) is 30.3 Å². The summed E-state index contributed by atoms with van der Waals surface area (Å²) in [5.74, 6) is -1.46. The van der Waals surface area contributed by atoms with Crippen molar-refractivity contribution in [3.05, 3.63) is 82.5 Å². The Bertz CT molecular complexity index is 1270. The van der Waals surface area contributed by atoms with Gasteiger partial charge in [0.15, 0.2) is 0 Å². The van der Waals surface area contributed by atoms with Crippen LogP contribution in [0.1, 0.15) is 37.5 Å². The SMILES string of the molecule is O=C(NCc1cc(C(F)(F)F)cc(C(F)(F)F)c1)c1cc(-c2ccccc2)c2c(n1)OCCNC2=O. The molecule has 2 aromatic carbocycles. The maximum absolute atomic E-state index is 13.1. The van der Waals surface area contributed by atoms with Gasteiger partial charge in [-0.2, -0.15) is 26.3 Å². The minimum Gasteiger partial charge on any atom is -0.475 e. The highest BCUT2D eigenvalue weighted by Gasteiger charge is 2.37. The van der Waals surface area contributed by atoms with E-state index in [1.807, 2.05) is 0 Å². The van der Waals surface area contributed by atoms with Gasteiger partial charge in [0.1, 0.15) is 17.9 Å². The number of amides is 2. The van der Waals surface area contributed by atoms with Crippen molar-refractivity contribution in [2.24, 2.45) is 0 Å². The second-order valence-electron chi connectivity index (χ2n) is 7.80. The first-order valence-corrected chi connectivity index (χ1v) is 10.5. The van der Waals surface area contributed by atoms with Crippen LogP contribution < -0.4 is 15.4 Å². The minimum absolute atomic E-state index is 0.00780. The Balaban J connectivity index is 1.67. The number of carbonyl (C=O) groups excluding carboxylic acids is 2. The molecule has 0 aliphatic carbocycles. The summed E-state index contributed by atoms with van der Waals surface area (Å²) >= 11 is 0. The number of fused-ring (bicyclic) bond motifs is 1. The topological polar surface area (TPSA) is 80.3 Å². The van der Waals surface area contributed by atoms with Crippen LogP contribution in [0.2, 0.25) is 0 Å². The van der Waals surface area contributed by atoms with Gasteiger partial charge in [-0.3, -0.25) is 9.59 Å². The highest BCUT2D eigenvalue weighted by atomic mass is 19.4. The van der Waals surface area contributed by atoms with E-state index in [0.29, 0.717) is 23.3 Å². The number of rotatable bonds is 4. The summed E-state index contributed by atoms with van der Waals surface area (Å²) in [6.45, 7) is -0.357. The number of alkyl halides is 6. The number of benzene rings is 2. The second kappa shape index (κ2) is 9.51. The van der Waals surface area contributed by atoms with Crippen molar-refractivity contribution < 1.29 is 40.7 Å². The van der Waals surface area contributed by atoms with E-state index in [4.69, 9.17) is 4.74 Å². The van der Waals surface area contributed by atoms with Crippen molar-refractivity contribution in [2.75, 3.05) is 13.2 Å². The molecule has 36 heavy (non-hydrogen) atoms. The molecule has 1 aromatic heterocycles. The molecule has 0 radical (unpaired) electrons. The summed E-state index contributed by atoms with van der Waals surface area (Å²) in [4.78, 5) is 29.5. The number of nitrogens with one attached hydrogen (secondary N) is 2. The lowest BCUT2D eigenvalue weighted by Crippen LogP contribution is -2.26. The van der Waals surface area contributed by atoms with E-state index >= 15 is 0 Å². The minimum atomic E-state index is -5.01. The maximum atomic E-state index is 13.1. The first kappa shape index (κ1) is 25.0. The fourth-order valence-electron chi connectivity index (χ4n) is 3.60. The van der Waals surface area contributed by atoms with Gasteiger partial charge in [-0.15, -0.1) is 0 Å². The Labute approximate surface area is 200 Å². The molecule has 1 aliphatic heterocycles. The molecule has 6 nitrogen and oxygen atoms in total. The Hall–Kier alpha value is -4.09. The number of pyridine rings is 1.